The highest BCUT2D eigenvalue weighted by Gasteiger charge is 2.05. The van der Waals surface area contributed by atoms with E-state index in [4.69, 9.17) is 0 Å². The van der Waals surface area contributed by atoms with E-state index in [0.717, 1.165) is 12.8 Å². The molecule has 0 amide bonds. The second-order valence-electron chi connectivity index (χ2n) is 6.31. The number of carbonyl (C=O) groups excluding carboxylic acids is 2. The first-order valence-corrected chi connectivity index (χ1v) is 9.37. The molecule has 0 saturated carbocycles. The Morgan fingerprint density at radius 1 is 0.682 bits per heavy atom. The van der Waals surface area contributed by atoms with Crippen molar-refractivity contribution in [1.82, 2.24) is 0 Å². The molecule has 0 unspecified atom stereocenters. The largest absolute Gasteiger partial charge is 0.291 e. The van der Waals surface area contributed by atoms with E-state index in [2.05, 4.69) is 19.1 Å². The Labute approximate surface area is 137 Å². The second kappa shape index (κ2) is 16.5. The van der Waals surface area contributed by atoms with Crippen LogP contribution in [0.4, 0.5) is 0 Å². The van der Waals surface area contributed by atoms with Crippen molar-refractivity contribution in [2.24, 2.45) is 0 Å². The molecule has 0 atom stereocenters. The summed E-state index contributed by atoms with van der Waals surface area (Å²) in [5, 5.41) is 0. The molecule has 0 spiro atoms. The molecule has 0 radical (unpaired) electrons. The highest BCUT2D eigenvalue weighted by Crippen LogP contribution is 2.10. The van der Waals surface area contributed by atoms with Crippen LogP contribution in [0.15, 0.2) is 12.2 Å². The number of allylic oxidation sites excluding steroid dienone is 2. The molecule has 128 valence electrons. The van der Waals surface area contributed by atoms with Gasteiger partial charge in [0.05, 0.1) is 0 Å². The van der Waals surface area contributed by atoms with Crippen LogP contribution in [-0.4, -0.2) is 11.6 Å². The molecule has 0 aromatic rings. The molecule has 2 nitrogen and oxygen atoms in total. The maximum absolute atomic E-state index is 11.1. The fraction of sp³-hybridized carbons (Fsp3) is 0.800. The summed E-state index contributed by atoms with van der Waals surface area (Å²) in [7, 11) is 0. The highest BCUT2D eigenvalue weighted by atomic mass is 16.2. The topological polar surface area (TPSA) is 34.1 Å². The van der Waals surface area contributed by atoms with Gasteiger partial charge in [0.2, 0.25) is 0 Å². The number of carbonyl (C=O) groups is 2. The summed E-state index contributed by atoms with van der Waals surface area (Å²) in [5.41, 5.74) is 0. The SMILES string of the molecule is CCCCCCCC/C=C/CCCCCCCC(=O)C(C)=O. The van der Waals surface area contributed by atoms with Crippen molar-refractivity contribution < 1.29 is 9.59 Å². The molecule has 0 fully saturated rings. The van der Waals surface area contributed by atoms with Crippen molar-refractivity contribution in [2.45, 2.75) is 104 Å². The van der Waals surface area contributed by atoms with Gasteiger partial charge in [0.15, 0.2) is 11.6 Å². The number of hydrogen-bond acceptors (Lipinski definition) is 2. The van der Waals surface area contributed by atoms with E-state index in [0.29, 0.717) is 6.42 Å². The van der Waals surface area contributed by atoms with E-state index in [1.165, 1.54) is 77.6 Å². The minimum atomic E-state index is -0.296. The van der Waals surface area contributed by atoms with Gasteiger partial charge in [0, 0.05) is 13.3 Å². The van der Waals surface area contributed by atoms with E-state index in [-0.39, 0.29) is 11.6 Å². The minimum Gasteiger partial charge on any atom is -0.291 e. The standard InChI is InChI=1S/C20H36O2/c1-3-4-5-6-7-8-9-10-11-12-13-14-15-16-17-18-20(22)19(2)21/h10-11H,3-9,12-18H2,1-2H3/b11-10+. The molecule has 0 rings (SSSR count). The van der Waals surface area contributed by atoms with Gasteiger partial charge in [-0.25, -0.2) is 0 Å². The zero-order chi connectivity index (χ0) is 16.5. The highest BCUT2D eigenvalue weighted by molar-refractivity contribution is 6.36. The summed E-state index contributed by atoms with van der Waals surface area (Å²) in [4.78, 5) is 21.9. The lowest BCUT2D eigenvalue weighted by Crippen LogP contribution is -2.08. The van der Waals surface area contributed by atoms with Gasteiger partial charge < -0.3 is 0 Å². The lowest BCUT2D eigenvalue weighted by atomic mass is 10.1. The van der Waals surface area contributed by atoms with E-state index >= 15 is 0 Å². The Bertz CT molecular complexity index is 305. The van der Waals surface area contributed by atoms with Gasteiger partial charge >= 0.3 is 0 Å². The number of Topliss-reactive ketones (excluding diaryl/α,β-unsaturated/α-hetero) is 2. The lowest BCUT2D eigenvalue weighted by molar-refractivity contribution is -0.135. The lowest BCUT2D eigenvalue weighted by Gasteiger charge is -1.99. The monoisotopic (exact) mass is 308 g/mol. The molecule has 2 heteroatoms. The average Bonchev–Trinajstić information content (AvgIpc) is 2.50. The average molecular weight is 309 g/mol. The Kier molecular flexibility index (Phi) is 15.8. The van der Waals surface area contributed by atoms with E-state index < -0.39 is 0 Å². The molecule has 0 N–H and O–H groups in total. The van der Waals surface area contributed by atoms with E-state index in [1.54, 1.807) is 0 Å². The molecular weight excluding hydrogens is 272 g/mol. The van der Waals surface area contributed by atoms with Crippen molar-refractivity contribution in [1.29, 1.82) is 0 Å². The maximum Gasteiger partial charge on any atom is 0.198 e. The molecule has 0 aromatic carbocycles. The molecule has 0 aromatic heterocycles. The van der Waals surface area contributed by atoms with Crippen LogP contribution >= 0.6 is 0 Å². The normalized spacial score (nSPS) is 11.2. The first kappa shape index (κ1) is 21.1. The van der Waals surface area contributed by atoms with Gasteiger partial charge in [0.25, 0.3) is 0 Å². The summed E-state index contributed by atoms with van der Waals surface area (Å²) in [6, 6.07) is 0. The van der Waals surface area contributed by atoms with Gasteiger partial charge in [-0.2, -0.15) is 0 Å². The van der Waals surface area contributed by atoms with Crippen LogP contribution in [0.25, 0.3) is 0 Å². The zero-order valence-electron chi connectivity index (χ0n) is 14.9. The molecule has 0 aliphatic rings. The molecule has 0 heterocycles. The van der Waals surface area contributed by atoms with Crippen LogP contribution in [0.2, 0.25) is 0 Å². The second-order valence-corrected chi connectivity index (χ2v) is 6.31. The third-order valence-corrected chi connectivity index (χ3v) is 4.06. The van der Waals surface area contributed by atoms with Crippen LogP contribution in [0.5, 0.6) is 0 Å². The summed E-state index contributed by atoms with van der Waals surface area (Å²) in [6.07, 6.45) is 21.3. The van der Waals surface area contributed by atoms with Crippen LogP contribution in [0, 0.1) is 0 Å². The Balaban J connectivity index is 3.17. The molecule has 0 aliphatic carbocycles. The Morgan fingerprint density at radius 3 is 1.64 bits per heavy atom. The van der Waals surface area contributed by atoms with Crippen molar-refractivity contribution in [3.05, 3.63) is 12.2 Å². The van der Waals surface area contributed by atoms with Gasteiger partial charge in [-0.15, -0.1) is 0 Å². The summed E-state index contributed by atoms with van der Waals surface area (Å²) >= 11 is 0. The summed E-state index contributed by atoms with van der Waals surface area (Å²) in [5.74, 6) is -0.506. The third kappa shape index (κ3) is 15.5. The van der Waals surface area contributed by atoms with Crippen molar-refractivity contribution >= 4 is 11.6 Å². The molecule has 0 saturated heterocycles. The third-order valence-electron chi connectivity index (χ3n) is 4.06. The predicted molar refractivity (Wildman–Crippen MR) is 95.1 cm³/mol. The smallest absolute Gasteiger partial charge is 0.198 e. The van der Waals surface area contributed by atoms with Gasteiger partial charge in [-0.05, 0) is 32.1 Å². The summed E-state index contributed by atoms with van der Waals surface area (Å²) < 4.78 is 0. The quantitative estimate of drug-likeness (QED) is 0.194. The number of ketones is 2. The Hall–Kier alpha value is -0.920. The van der Waals surface area contributed by atoms with Crippen LogP contribution in [-0.2, 0) is 9.59 Å². The molecule has 0 aliphatic heterocycles. The fourth-order valence-electron chi connectivity index (χ4n) is 2.53. The van der Waals surface area contributed by atoms with Crippen LogP contribution < -0.4 is 0 Å². The minimum absolute atomic E-state index is 0.211. The molecular formula is C20H36O2. The van der Waals surface area contributed by atoms with E-state index in [9.17, 15) is 9.59 Å². The van der Waals surface area contributed by atoms with Gasteiger partial charge in [-0.1, -0.05) is 70.4 Å². The van der Waals surface area contributed by atoms with Crippen molar-refractivity contribution in [3.8, 4) is 0 Å². The fourth-order valence-corrected chi connectivity index (χ4v) is 2.53. The number of hydrogen-bond donors (Lipinski definition) is 0. The predicted octanol–water partition coefficient (Wildman–Crippen LogP) is 6.18. The van der Waals surface area contributed by atoms with Gasteiger partial charge in [0.1, 0.15) is 0 Å². The van der Waals surface area contributed by atoms with Crippen molar-refractivity contribution in [2.75, 3.05) is 0 Å². The maximum atomic E-state index is 11.1. The molecule has 22 heavy (non-hydrogen) atoms. The van der Waals surface area contributed by atoms with Crippen molar-refractivity contribution in [3.63, 3.8) is 0 Å². The van der Waals surface area contributed by atoms with Crippen LogP contribution in [0.1, 0.15) is 104 Å². The Morgan fingerprint density at radius 2 is 1.14 bits per heavy atom. The first-order valence-electron chi connectivity index (χ1n) is 9.37. The van der Waals surface area contributed by atoms with Crippen LogP contribution in [0.3, 0.4) is 0 Å². The van der Waals surface area contributed by atoms with E-state index in [1.807, 2.05) is 0 Å². The summed E-state index contributed by atoms with van der Waals surface area (Å²) in [6.45, 7) is 3.62. The number of unbranched alkanes of at least 4 members (excludes halogenated alkanes) is 11. The molecule has 0 bridgehead atoms. The van der Waals surface area contributed by atoms with Gasteiger partial charge in [-0.3, -0.25) is 9.59 Å². The zero-order valence-corrected chi connectivity index (χ0v) is 14.9. The first-order chi connectivity index (χ1) is 10.7. The number of rotatable bonds is 16.